The van der Waals surface area contributed by atoms with Crippen LogP contribution in [0.25, 0.3) is 0 Å². The Hall–Kier alpha value is -0.580. The minimum Gasteiger partial charge on any atom is -0.273 e. The molecule has 0 saturated heterocycles. The summed E-state index contributed by atoms with van der Waals surface area (Å²) >= 11 is 0. The highest BCUT2D eigenvalue weighted by atomic mass is 32.2. The lowest BCUT2D eigenvalue weighted by Crippen LogP contribution is -2.41. The Bertz CT molecular complexity index is 416. The van der Waals surface area contributed by atoms with E-state index < -0.39 is 21.3 Å². The normalized spacial score (nSPS) is 12.3. The van der Waals surface area contributed by atoms with E-state index in [0.717, 1.165) is 12.8 Å². The molecule has 0 rings (SSSR count). The van der Waals surface area contributed by atoms with Gasteiger partial charge in [0.25, 0.3) is 0 Å². The molecule has 0 aliphatic heterocycles. The van der Waals surface area contributed by atoms with Gasteiger partial charge in [0.1, 0.15) is 0 Å². The molecule has 0 saturated carbocycles. The molecule has 0 aromatic heterocycles. The summed E-state index contributed by atoms with van der Waals surface area (Å²) in [6.45, 7) is 7.63. The van der Waals surface area contributed by atoms with E-state index in [1.807, 2.05) is 6.92 Å². The van der Waals surface area contributed by atoms with Crippen molar-refractivity contribution in [2.45, 2.75) is 98.3 Å². The predicted octanol–water partition coefficient (Wildman–Crippen LogP) is 4.79. The van der Waals surface area contributed by atoms with Crippen LogP contribution in [0.2, 0.25) is 0 Å². The van der Waals surface area contributed by atoms with Crippen LogP contribution in [-0.4, -0.2) is 20.1 Å². The molecule has 4 nitrogen and oxygen atoms in total. The first-order valence-corrected chi connectivity index (χ1v) is 11.0. The molecule has 5 heteroatoms. The standard InChI is InChI=1S/C18H37NO3S/c1-5-7-8-9-10-11-12-13-14-15-16-23(21,22)19-17(20)18(3,4)6-2/h5-16H2,1-4H3,(H,19,20). The summed E-state index contributed by atoms with van der Waals surface area (Å²) in [5, 5.41) is 0. The van der Waals surface area contributed by atoms with Crippen LogP contribution in [0, 0.1) is 5.41 Å². The molecular formula is C18H37NO3S. The molecule has 0 radical (unpaired) electrons. The molecular weight excluding hydrogens is 310 g/mol. The molecule has 0 spiro atoms. The zero-order valence-electron chi connectivity index (χ0n) is 15.6. The van der Waals surface area contributed by atoms with Gasteiger partial charge < -0.3 is 0 Å². The first-order chi connectivity index (χ1) is 10.7. The van der Waals surface area contributed by atoms with Crippen LogP contribution >= 0.6 is 0 Å². The van der Waals surface area contributed by atoms with E-state index in [0.29, 0.717) is 12.8 Å². The van der Waals surface area contributed by atoms with Crippen molar-refractivity contribution in [3.63, 3.8) is 0 Å². The quantitative estimate of drug-likeness (QED) is 0.459. The van der Waals surface area contributed by atoms with Crippen LogP contribution < -0.4 is 4.72 Å². The molecule has 138 valence electrons. The maximum atomic E-state index is 11.9. The lowest BCUT2D eigenvalue weighted by Gasteiger charge is -2.21. The van der Waals surface area contributed by atoms with Gasteiger partial charge in [-0.2, -0.15) is 0 Å². The summed E-state index contributed by atoms with van der Waals surface area (Å²) in [6, 6.07) is 0. The summed E-state index contributed by atoms with van der Waals surface area (Å²) in [5.41, 5.74) is -0.634. The fourth-order valence-electron chi connectivity index (χ4n) is 2.27. The zero-order chi connectivity index (χ0) is 17.8. The van der Waals surface area contributed by atoms with Crippen LogP contribution in [-0.2, 0) is 14.8 Å². The van der Waals surface area contributed by atoms with Gasteiger partial charge in [0.05, 0.1) is 5.75 Å². The lowest BCUT2D eigenvalue weighted by atomic mass is 9.90. The largest absolute Gasteiger partial charge is 0.273 e. The number of nitrogens with one attached hydrogen (secondary N) is 1. The first kappa shape index (κ1) is 22.4. The summed E-state index contributed by atoms with van der Waals surface area (Å²) in [6.07, 6.45) is 12.2. The van der Waals surface area contributed by atoms with Crippen molar-refractivity contribution in [2.75, 3.05) is 5.75 Å². The molecule has 1 amide bonds. The van der Waals surface area contributed by atoms with Gasteiger partial charge in [-0.1, -0.05) is 85.5 Å². The van der Waals surface area contributed by atoms with E-state index in [9.17, 15) is 13.2 Å². The molecule has 0 aromatic carbocycles. The van der Waals surface area contributed by atoms with Crippen molar-refractivity contribution in [3.8, 4) is 0 Å². The van der Waals surface area contributed by atoms with Crippen molar-refractivity contribution in [1.82, 2.24) is 4.72 Å². The Morgan fingerprint density at radius 2 is 1.26 bits per heavy atom. The zero-order valence-corrected chi connectivity index (χ0v) is 16.4. The highest BCUT2D eigenvalue weighted by Gasteiger charge is 2.28. The predicted molar refractivity (Wildman–Crippen MR) is 97.8 cm³/mol. The first-order valence-electron chi connectivity index (χ1n) is 9.30. The van der Waals surface area contributed by atoms with E-state index in [-0.39, 0.29) is 5.75 Å². The van der Waals surface area contributed by atoms with Gasteiger partial charge >= 0.3 is 0 Å². The summed E-state index contributed by atoms with van der Waals surface area (Å²) in [7, 11) is -3.48. The van der Waals surface area contributed by atoms with Gasteiger partial charge in [0.2, 0.25) is 15.9 Å². The molecule has 0 heterocycles. The summed E-state index contributed by atoms with van der Waals surface area (Å²) in [5.74, 6) is -0.346. The third kappa shape index (κ3) is 11.6. The molecule has 23 heavy (non-hydrogen) atoms. The minimum absolute atomic E-state index is 0.0506. The van der Waals surface area contributed by atoms with Gasteiger partial charge in [-0.15, -0.1) is 0 Å². The van der Waals surface area contributed by atoms with Crippen LogP contribution in [0.15, 0.2) is 0 Å². The van der Waals surface area contributed by atoms with Gasteiger partial charge in [0, 0.05) is 5.41 Å². The Morgan fingerprint density at radius 3 is 1.70 bits per heavy atom. The number of hydrogen-bond donors (Lipinski definition) is 1. The Morgan fingerprint density at radius 1 is 0.826 bits per heavy atom. The monoisotopic (exact) mass is 347 g/mol. The highest BCUT2D eigenvalue weighted by Crippen LogP contribution is 2.20. The average Bonchev–Trinajstić information content (AvgIpc) is 2.48. The minimum atomic E-state index is -3.48. The van der Waals surface area contributed by atoms with Crippen molar-refractivity contribution >= 4 is 15.9 Å². The molecule has 0 fully saturated rings. The van der Waals surface area contributed by atoms with Crippen LogP contribution in [0.3, 0.4) is 0 Å². The second kappa shape index (κ2) is 11.9. The molecule has 0 atom stereocenters. The molecule has 0 bridgehead atoms. The number of rotatable bonds is 14. The fourth-order valence-corrected chi connectivity index (χ4v) is 3.52. The maximum absolute atomic E-state index is 11.9. The maximum Gasteiger partial charge on any atom is 0.239 e. The lowest BCUT2D eigenvalue weighted by molar-refractivity contribution is -0.127. The van der Waals surface area contributed by atoms with E-state index in [1.165, 1.54) is 44.9 Å². The van der Waals surface area contributed by atoms with E-state index in [2.05, 4.69) is 11.6 Å². The second-order valence-electron chi connectivity index (χ2n) is 7.17. The van der Waals surface area contributed by atoms with Crippen molar-refractivity contribution < 1.29 is 13.2 Å². The fraction of sp³-hybridized carbons (Fsp3) is 0.944. The topological polar surface area (TPSA) is 63.2 Å². The average molecular weight is 348 g/mol. The second-order valence-corrected chi connectivity index (χ2v) is 9.01. The van der Waals surface area contributed by atoms with Gasteiger partial charge in [-0.05, 0) is 12.8 Å². The third-order valence-corrected chi connectivity index (χ3v) is 5.84. The molecule has 0 aliphatic carbocycles. The summed E-state index contributed by atoms with van der Waals surface area (Å²) in [4.78, 5) is 11.9. The van der Waals surface area contributed by atoms with Crippen LogP contribution in [0.4, 0.5) is 0 Å². The molecule has 1 N–H and O–H groups in total. The van der Waals surface area contributed by atoms with Gasteiger partial charge in [0.15, 0.2) is 0 Å². The molecule has 0 aromatic rings. The van der Waals surface area contributed by atoms with Crippen molar-refractivity contribution in [3.05, 3.63) is 0 Å². The van der Waals surface area contributed by atoms with Gasteiger partial charge in [-0.3, -0.25) is 9.52 Å². The smallest absolute Gasteiger partial charge is 0.239 e. The SMILES string of the molecule is CCCCCCCCCCCCS(=O)(=O)NC(=O)C(C)(C)CC. The van der Waals surface area contributed by atoms with E-state index >= 15 is 0 Å². The Balaban J connectivity index is 3.73. The van der Waals surface area contributed by atoms with Gasteiger partial charge in [-0.25, -0.2) is 8.42 Å². The number of unbranched alkanes of at least 4 members (excludes halogenated alkanes) is 9. The number of carbonyl (C=O) groups excluding carboxylic acids is 1. The molecule has 0 unspecified atom stereocenters. The van der Waals surface area contributed by atoms with Crippen molar-refractivity contribution in [1.29, 1.82) is 0 Å². The highest BCUT2D eigenvalue weighted by molar-refractivity contribution is 7.90. The van der Waals surface area contributed by atoms with E-state index in [1.54, 1.807) is 13.8 Å². The van der Waals surface area contributed by atoms with Crippen molar-refractivity contribution in [2.24, 2.45) is 5.41 Å². The van der Waals surface area contributed by atoms with Crippen LogP contribution in [0.1, 0.15) is 98.3 Å². The number of amides is 1. The number of carbonyl (C=O) groups is 1. The summed E-state index contributed by atoms with van der Waals surface area (Å²) < 4.78 is 26.0. The third-order valence-electron chi connectivity index (χ3n) is 4.51. The number of hydrogen-bond acceptors (Lipinski definition) is 3. The molecule has 0 aliphatic rings. The van der Waals surface area contributed by atoms with Crippen LogP contribution in [0.5, 0.6) is 0 Å². The number of sulfonamides is 1. The Labute approximate surface area is 143 Å². The Kier molecular flexibility index (Phi) is 11.6. The van der Waals surface area contributed by atoms with E-state index in [4.69, 9.17) is 0 Å².